The van der Waals surface area contributed by atoms with Crippen LogP contribution in [0.3, 0.4) is 0 Å². The molecule has 2 rings (SSSR count). The van der Waals surface area contributed by atoms with E-state index in [9.17, 15) is 14.7 Å². The van der Waals surface area contributed by atoms with E-state index in [0.29, 0.717) is 0 Å². The second-order valence-electron chi connectivity index (χ2n) is 4.51. The Hall–Kier alpha value is -2.56. The fourth-order valence-corrected chi connectivity index (χ4v) is 1.91. The summed E-state index contributed by atoms with van der Waals surface area (Å²) < 4.78 is 4.67. The zero-order chi connectivity index (χ0) is 14.7. The van der Waals surface area contributed by atoms with Gasteiger partial charge in [-0.2, -0.15) is 0 Å². The van der Waals surface area contributed by atoms with Crippen molar-refractivity contribution in [1.82, 2.24) is 0 Å². The lowest BCUT2D eigenvalue weighted by atomic mass is 9.98. The SMILES string of the molecule is CC(C(=O)OCC(=O)O)c1ccc2cc(O)ccc2c1. The van der Waals surface area contributed by atoms with Gasteiger partial charge in [-0.25, -0.2) is 4.79 Å². The van der Waals surface area contributed by atoms with Crippen LogP contribution in [0.5, 0.6) is 5.75 Å². The van der Waals surface area contributed by atoms with E-state index >= 15 is 0 Å². The topological polar surface area (TPSA) is 83.8 Å². The van der Waals surface area contributed by atoms with E-state index in [0.717, 1.165) is 16.3 Å². The van der Waals surface area contributed by atoms with Crippen LogP contribution in [0.25, 0.3) is 10.8 Å². The summed E-state index contributed by atoms with van der Waals surface area (Å²) in [7, 11) is 0. The van der Waals surface area contributed by atoms with Gasteiger partial charge in [0.25, 0.3) is 0 Å². The predicted octanol–water partition coefficient (Wildman–Crippen LogP) is 2.28. The van der Waals surface area contributed by atoms with Gasteiger partial charge < -0.3 is 14.9 Å². The first-order valence-electron chi connectivity index (χ1n) is 6.08. The van der Waals surface area contributed by atoms with E-state index in [1.807, 2.05) is 6.07 Å². The third-order valence-corrected chi connectivity index (χ3v) is 3.04. The minimum absolute atomic E-state index is 0.180. The molecule has 20 heavy (non-hydrogen) atoms. The molecule has 0 aliphatic carbocycles. The molecule has 0 bridgehead atoms. The number of carboxylic acid groups (broad SMARTS) is 1. The molecule has 5 nitrogen and oxygen atoms in total. The smallest absolute Gasteiger partial charge is 0.341 e. The number of benzene rings is 2. The average molecular weight is 274 g/mol. The molecule has 5 heteroatoms. The van der Waals surface area contributed by atoms with E-state index < -0.39 is 24.5 Å². The van der Waals surface area contributed by atoms with Crippen LogP contribution in [0.4, 0.5) is 0 Å². The van der Waals surface area contributed by atoms with Crippen LogP contribution in [-0.4, -0.2) is 28.8 Å². The average Bonchev–Trinajstić information content (AvgIpc) is 2.43. The number of hydrogen-bond donors (Lipinski definition) is 2. The summed E-state index contributed by atoms with van der Waals surface area (Å²) in [6.45, 7) is 1.02. The molecular weight excluding hydrogens is 260 g/mol. The lowest BCUT2D eigenvalue weighted by Gasteiger charge is -2.11. The highest BCUT2D eigenvalue weighted by molar-refractivity contribution is 5.87. The van der Waals surface area contributed by atoms with Crippen molar-refractivity contribution in [1.29, 1.82) is 0 Å². The number of rotatable bonds is 4. The van der Waals surface area contributed by atoms with Gasteiger partial charge in [-0.1, -0.05) is 24.3 Å². The first-order valence-corrected chi connectivity index (χ1v) is 6.08. The number of esters is 1. The summed E-state index contributed by atoms with van der Waals surface area (Å²) >= 11 is 0. The maximum absolute atomic E-state index is 11.7. The Morgan fingerprint density at radius 1 is 1.15 bits per heavy atom. The van der Waals surface area contributed by atoms with Gasteiger partial charge in [-0.3, -0.25) is 4.79 Å². The summed E-state index contributed by atoms with van der Waals surface area (Å²) in [5.74, 6) is -2.13. The monoisotopic (exact) mass is 274 g/mol. The number of phenolic OH excluding ortho intramolecular Hbond substituents is 1. The number of aliphatic carboxylic acids is 1. The van der Waals surface area contributed by atoms with Crippen LogP contribution in [0.15, 0.2) is 36.4 Å². The standard InChI is InChI=1S/C15H14O5/c1-9(15(19)20-8-14(17)18)10-2-3-12-7-13(16)5-4-11(12)6-10/h2-7,9,16H,8H2,1H3,(H,17,18). The van der Waals surface area contributed by atoms with Crippen LogP contribution in [-0.2, 0) is 14.3 Å². The molecule has 0 heterocycles. The maximum Gasteiger partial charge on any atom is 0.341 e. The summed E-state index contributed by atoms with van der Waals surface area (Å²) in [4.78, 5) is 22.1. The van der Waals surface area contributed by atoms with E-state index in [2.05, 4.69) is 4.74 Å². The molecule has 0 aliphatic rings. The van der Waals surface area contributed by atoms with Crippen molar-refractivity contribution < 1.29 is 24.5 Å². The highest BCUT2D eigenvalue weighted by Crippen LogP contribution is 2.25. The molecule has 0 saturated carbocycles. The molecule has 2 aromatic rings. The zero-order valence-corrected chi connectivity index (χ0v) is 10.9. The third-order valence-electron chi connectivity index (χ3n) is 3.04. The molecular formula is C15H14O5. The van der Waals surface area contributed by atoms with Crippen LogP contribution in [0.1, 0.15) is 18.4 Å². The molecule has 0 saturated heterocycles. The van der Waals surface area contributed by atoms with E-state index in [4.69, 9.17) is 5.11 Å². The Balaban J connectivity index is 2.21. The summed E-state index contributed by atoms with van der Waals surface area (Å²) in [6.07, 6.45) is 0. The number of phenols is 1. The molecule has 2 aromatic carbocycles. The normalized spacial score (nSPS) is 12.1. The Morgan fingerprint density at radius 2 is 1.80 bits per heavy atom. The van der Waals surface area contributed by atoms with Crippen molar-refractivity contribution >= 4 is 22.7 Å². The van der Waals surface area contributed by atoms with Crippen molar-refractivity contribution in [3.8, 4) is 5.75 Å². The summed E-state index contributed by atoms with van der Waals surface area (Å²) in [5.41, 5.74) is 0.735. The molecule has 0 amide bonds. The lowest BCUT2D eigenvalue weighted by molar-refractivity contribution is -0.155. The van der Waals surface area contributed by atoms with Gasteiger partial charge >= 0.3 is 11.9 Å². The van der Waals surface area contributed by atoms with Crippen LogP contribution in [0.2, 0.25) is 0 Å². The lowest BCUT2D eigenvalue weighted by Crippen LogP contribution is -2.17. The van der Waals surface area contributed by atoms with Gasteiger partial charge in [0.05, 0.1) is 5.92 Å². The Kier molecular flexibility index (Phi) is 3.89. The van der Waals surface area contributed by atoms with Crippen molar-refractivity contribution in [3.05, 3.63) is 42.0 Å². The van der Waals surface area contributed by atoms with E-state index in [-0.39, 0.29) is 5.75 Å². The number of aromatic hydroxyl groups is 1. The van der Waals surface area contributed by atoms with Gasteiger partial charge in [0.15, 0.2) is 6.61 Å². The number of fused-ring (bicyclic) bond motifs is 1. The first kappa shape index (κ1) is 13.9. The molecule has 0 aliphatic heterocycles. The molecule has 1 unspecified atom stereocenters. The fraction of sp³-hybridized carbons (Fsp3) is 0.200. The van der Waals surface area contributed by atoms with Crippen LogP contribution in [0, 0.1) is 0 Å². The molecule has 0 fully saturated rings. The van der Waals surface area contributed by atoms with Gasteiger partial charge in [0.2, 0.25) is 0 Å². The Morgan fingerprint density at radius 3 is 2.50 bits per heavy atom. The second kappa shape index (κ2) is 5.61. The van der Waals surface area contributed by atoms with E-state index in [1.54, 1.807) is 37.3 Å². The second-order valence-corrected chi connectivity index (χ2v) is 4.51. The highest BCUT2D eigenvalue weighted by Gasteiger charge is 2.18. The molecule has 0 aromatic heterocycles. The third kappa shape index (κ3) is 3.06. The maximum atomic E-state index is 11.7. The van der Waals surface area contributed by atoms with Crippen LogP contribution < -0.4 is 0 Å². The Bertz CT molecular complexity index is 662. The number of carbonyl (C=O) groups excluding carboxylic acids is 1. The van der Waals surface area contributed by atoms with Gasteiger partial charge in [0, 0.05) is 0 Å². The number of carboxylic acids is 1. The van der Waals surface area contributed by atoms with Crippen molar-refractivity contribution in [2.75, 3.05) is 6.61 Å². The van der Waals surface area contributed by atoms with Gasteiger partial charge in [-0.05, 0) is 35.4 Å². The van der Waals surface area contributed by atoms with E-state index in [1.165, 1.54) is 0 Å². The number of ether oxygens (including phenoxy) is 1. The highest BCUT2D eigenvalue weighted by atomic mass is 16.5. The molecule has 104 valence electrons. The number of hydrogen-bond acceptors (Lipinski definition) is 4. The molecule has 0 radical (unpaired) electrons. The minimum atomic E-state index is -1.18. The summed E-state index contributed by atoms with van der Waals surface area (Å²) in [5, 5.41) is 19.6. The molecule has 1 atom stereocenters. The number of carbonyl (C=O) groups is 2. The quantitative estimate of drug-likeness (QED) is 0.835. The van der Waals surface area contributed by atoms with Crippen LogP contribution >= 0.6 is 0 Å². The molecule has 0 spiro atoms. The minimum Gasteiger partial charge on any atom is -0.508 e. The van der Waals surface area contributed by atoms with Crippen molar-refractivity contribution in [3.63, 3.8) is 0 Å². The van der Waals surface area contributed by atoms with Crippen molar-refractivity contribution in [2.24, 2.45) is 0 Å². The predicted molar refractivity (Wildman–Crippen MR) is 72.6 cm³/mol. The molecule has 2 N–H and O–H groups in total. The first-order chi connectivity index (χ1) is 9.47. The largest absolute Gasteiger partial charge is 0.508 e. The fourth-order valence-electron chi connectivity index (χ4n) is 1.91. The Labute approximate surface area is 115 Å². The van der Waals surface area contributed by atoms with Gasteiger partial charge in [-0.15, -0.1) is 0 Å². The van der Waals surface area contributed by atoms with Crippen molar-refractivity contribution in [2.45, 2.75) is 12.8 Å². The van der Waals surface area contributed by atoms with Gasteiger partial charge in [0.1, 0.15) is 5.75 Å². The zero-order valence-electron chi connectivity index (χ0n) is 10.9. The summed E-state index contributed by atoms with van der Waals surface area (Å²) in [6, 6.07) is 10.3.